The third-order valence-corrected chi connectivity index (χ3v) is 3.75. The number of halogens is 4. The van der Waals surface area contributed by atoms with Crippen LogP contribution in [0.15, 0.2) is 26.0 Å². The summed E-state index contributed by atoms with van der Waals surface area (Å²) in [6, 6.07) is 2.73. The van der Waals surface area contributed by atoms with E-state index in [4.69, 9.17) is 9.84 Å². The van der Waals surface area contributed by atoms with Crippen molar-refractivity contribution in [3.8, 4) is 5.75 Å². The lowest BCUT2D eigenvalue weighted by molar-refractivity contribution is -0.152. The number of ether oxygens (including phenoxy) is 1. The van der Waals surface area contributed by atoms with Crippen LogP contribution in [-0.4, -0.2) is 23.4 Å². The highest BCUT2D eigenvalue weighted by molar-refractivity contribution is 9.11. The highest BCUT2D eigenvalue weighted by atomic mass is 79.9. The van der Waals surface area contributed by atoms with Crippen LogP contribution in [0.5, 0.6) is 5.75 Å². The number of methoxy groups -OCH3 is 1. The van der Waals surface area contributed by atoms with Gasteiger partial charge in [-0.1, -0.05) is 0 Å². The van der Waals surface area contributed by atoms with Crippen LogP contribution in [-0.2, 0) is 4.79 Å². The van der Waals surface area contributed by atoms with E-state index >= 15 is 0 Å². The van der Waals surface area contributed by atoms with Crippen LogP contribution in [0, 0.1) is 0 Å². The molecule has 94 valence electrons. The summed E-state index contributed by atoms with van der Waals surface area (Å²) in [5.41, 5.74) is 0. The average Bonchev–Trinajstić information content (AvgIpc) is 2.15. The van der Waals surface area contributed by atoms with E-state index in [-0.39, 0.29) is 16.7 Å². The van der Waals surface area contributed by atoms with Crippen molar-refractivity contribution in [1.29, 1.82) is 0 Å². The number of rotatable bonds is 4. The molecule has 0 atom stereocenters. The number of alkyl halides is 2. The van der Waals surface area contributed by atoms with Crippen molar-refractivity contribution >= 4 is 49.6 Å². The second-order valence-corrected chi connectivity index (χ2v) is 5.74. The van der Waals surface area contributed by atoms with E-state index in [9.17, 15) is 13.6 Å². The van der Waals surface area contributed by atoms with E-state index in [0.29, 0.717) is 14.7 Å². The Morgan fingerprint density at radius 3 is 2.24 bits per heavy atom. The van der Waals surface area contributed by atoms with Crippen molar-refractivity contribution in [2.75, 3.05) is 7.11 Å². The lowest BCUT2D eigenvalue weighted by Gasteiger charge is -2.12. The zero-order chi connectivity index (χ0) is 13.2. The number of aliphatic carboxylic acids is 1. The predicted molar refractivity (Wildman–Crippen MR) is 66.8 cm³/mol. The number of carbonyl (C=O) groups is 1. The molecule has 0 aromatic heterocycles. The molecule has 1 N–H and O–H groups in total. The summed E-state index contributed by atoms with van der Waals surface area (Å²) < 4.78 is 31.9. The number of thioether (sulfide) groups is 1. The van der Waals surface area contributed by atoms with Gasteiger partial charge in [0.15, 0.2) is 0 Å². The quantitative estimate of drug-likeness (QED) is 0.788. The number of hydrogen-bond donors (Lipinski definition) is 1. The third-order valence-electron chi connectivity index (χ3n) is 1.67. The van der Waals surface area contributed by atoms with Crippen LogP contribution in [0.25, 0.3) is 0 Å². The standard InChI is InChI=1S/C9H6Br2F2O3S/c1-16-7-5(10)2-4(3-6(7)11)17-9(12,13)8(14)15/h2-3H,1H3,(H,14,15). The molecule has 0 radical (unpaired) electrons. The van der Waals surface area contributed by atoms with Crippen molar-refractivity contribution < 1.29 is 23.4 Å². The molecule has 17 heavy (non-hydrogen) atoms. The van der Waals surface area contributed by atoms with Crippen LogP contribution in [0.3, 0.4) is 0 Å². The average molecular weight is 392 g/mol. The monoisotopic (exact) mass is 390 g/mol. The summed E-state index contributed by atoms with van der Waals surface area (Å²) in [7, 11) is 1.43. The fourth-order valence-corrected chi connectivity index (χ4v) is 3.53. The van der Waals surface area contributed by atoms with Gasteiger partial charge in [0.1, 0.15) is 5.75 Å². The Bertz CT molecular complexity index is 431. The molecule has 0 amide bonds. The van der Waals surface area contributed by atoms with E-state index in [0.717, 1.165) is 0 Å². The molecule has 0 spiro atoms. The summed E-state index contributed by atoms with van der Waals surface area (Å²) in [6.07, 6.45) is 0. The number of hydrogen-bond acceptors (Lipinski definition) is 3. The second kappa shape index (κ2) is 5.53. The molecule has 8 heteroatoms. The van der Waals surface area contributed by atoms with Crippen LogP contribution < -0.4 is 4.74 Å². The molecule has 0 fully saturated rings. The van der Waals surface area contributed by atoms with Crippen LogP contribution >= 0.6 is 43.6 Å². The summed E-state index contributed by atoms with van der Waals surface area (Å²) in [5, 5.41) is 4.46. The lowest BCUT2D eigenvalue weighted by Crippen LogP contribution is -2.23. The Hall–Kier alpha value is -0.340. The molecule has 1 aromatic rings. The Kier molecular flexibility index (Phi) is 4.79. The Balaban J connectivity index is 3.06. The first kappa shape index (κ1) is 14.7. The van der Waals surface area contributed by atoms with Crippen molar-refractivity contribution in [3.63, 3.8) is 0 Å². The summed E-state index contributed by atoms with van der Waals surface area (Å²) in [6.45, 7) is 0. The molecule has 0 heterocycles. The highest BCUT2D eigenvalue weighted by Crippen LogP contribution is 2.42. The van der Waals surface area contributed by atoms with Gasteiger partial charge in [0.05, 0.1) is 16.1 Å². The van der Waals surface area contributed by atoms with Gasteiger partial charge in [0, 0.05) is 4.90 Å². The van der Waals surface area contributed by atoms with Gasteiger partial charge in [0.25, 0.3) is 0 Å². The first-order chi connectivity index (χ1) is 7.77. The molecule has 0 saturated heterocycles. The zero-order valence-corrected chi connectivity index (χ0v) is 12.3. The minimum absolute atomic E-state index is 0.0469. The van der Waals surface area contributed by atoms with Crippen molar-refractivity contribution in [2.24, 2.45) is 0 Å². The summed E-state index contributed by atoms with van der Waals surface area (Å²) >= 11 is 6.24. The van der Waals surface area contributed by atoms with Crippen molar-refractivity contribution in [2.45, 2.75) is 10.2 Å². The molecular weight excluding hydrogens is 386 g/mol. The van der Waals surface area contributed by atoms with E-state index in [1.807, 2.05) is 0 Å². The molecule has 0 saturated carbocycles. The zero-order valence-electron chi connectivity index (χ0n) is 8.34. The molecule has 0 unspecified atom stereocenters. The molecular formula is C9H6Br2F2O3S. The molecule has 1 aromatic carbocycles. The van der Waals surface area contributed by atoms with E-state index < -0.39 is 11.2 Å². The smallest absolute Gasteiger partial charge is 0.393 e. The fourth-order valence-electron chi connectivity index (χ4n) is 0.982. The Morgan fingerprint density at radius 2 is 1.88 bits per heavy atom. The summed E-state index contributed by atoms with van der Waals surface area (Å²) in [4.78, 5) is 10.4. The Morgan fingerprint density at radius 1 is 1.41 bits per heavy atom. The molecule has 1 rings (SSSR count). The van der Waals surface area contributed by atoms with Crippen LogP contribution in [0.2, 0.25) is 0 Å². The number of carboxylic acids is 1. The van der Waals surface area contributed by atoms with Crippen molar-refractivity contribution in [1.82, 2.24) is 0 Å². The van der Waals surface area contributed by atoms with E-state index in [1.165, 1.54) is 19.2 Å². The third kappa shape index (κ3) is 3.56. The SMILES string of the molecule is COc1c(Br)cc(SC(F)(F)C(=O)O)cc1Br. The fraction of sp³-hybridized carbons (Fsp3) is 0.222. The maximum absolute atomic E-state index is 13.0. The Labute approximate surface area is 117 Å². The maximum atomic E-state index is 13.0. The first-order valence-electron chi connectivity index (χ1n) is 4.11. The number of carboxylic acid groups (broad SMARTS) is 1. The van der Waals surface area contributed by atoms with Gasteiger partial charge < -0.3 is 9.84 Å². The van der Waals surface area contributed by atoms with Crippen LogP contribution in [0.1, 0.15) is 0 Å². The maximum Gasteiger partial charge on any atom is 0.393 e. The summed E-state index contributed by atoms with van der Waals surface area (Å²) in [5.74, 6) is -1.72. The first-order valence-corrected chi connectivity index (χ1v) is 6.51. The van der Waals surface area contributed by atoms with Gasteiger partial charge >= 0.3 is 11.2 Å². The number of benzene rings is 1. The van der Waals surface area contributed by atoms with Gasteiger partial charge in [-0.15, -0.1) is 0 Å². The largest absolute Gasteiger partial charge is 0.494 e. The minimum atomic E-state index is -3.87. The molecule has 3 nitrogen and oxygen atoms in total. The lowest BCUT2D eigenvalue weighted by atomic mass is 10.3. The molecule has 0 aliphatic rings. The minimum Gasteiger partial charge on any atom is -0.494 e. The van der Waals surface area contributed by atoms with Gasteiger partial charge in [-0.3, -0.25) is 0 Å². The van der Waals surface area contributed by atoms with E-state index in [2.05, 4.69) is 31.9 Å². The van der Waals surface area contributed by atoms with Gasteiger partial charge in [-0.2, -0.15) is 8.78 Å². The highest BCUT2D eigenvalue weighted by Gasteiger charge is 2.40. The predicted octanol–water partition coefficient (Wildman–Crippen LogP) is 3.99. The molecule has 0 aliphatic heterocycles. The van der Waals surface area contributed by atoms with E-state index in [1.54, 1.807) is 0 Å². The van der Waals surface area contributed by atoms with Crippen LogP contribution in [0.4, 0.5) is 8.78 Å². The normalized spacial score (nSPS) is 11.4. The second-order valence-electron chi connectivity index (χ2n) is 2.84. The molecule has 0 aliphatic carbocycles. The van der Waals surface area contributed by atoms with Crippen molar-refractivity contribution in [3.05, 3.63) is 21.1 Å². The van der Waals surface area contributed by atoms with Gasteiger partial charge in [-0.25, -0.2) is 4.79 Å². The van der Waals surface area contributed by atoms with Gasteiger partial charge in [-0.05, 0) is 55.8 Å². The van der Waals surface area contributed by atoms with Gasteiger partial charge in [0.2, 0.25) is 0 Å². The topological polar surface area (TPSA) is 46.5 Å². The molecule has 0 bridgehead atoms.